The third-order valence-corrected chi connectivity index (χ3v) is 9.07. The highest BCUT2D eigenvalue weighted by molar-refractivity contribution is 7.99. The number of para-hydroxylation sites is 3. The number of fused-ring (bicyclic) bond motifs is 1. The van der Waals surface area contributed by atoms with Gasteiger partial charge in [0.1, 0.15) is 5.69 Å². The number of hydrogen-bond acceptors (Lipinski definition) is 10. The van der Waals surface area contributed by atoms with Gasteiger partial charge < -0.3 is 19.9 Å². The highest BCUT2D eigenvalue weighted by Gasteiger charge is 2.38. The highest BCUT2D eigenvalue weighted by Crippen LogP contribution is 2.43. The van der Waals surface area contributed by atoms with Crippen molar-refractivity contribution in [3.63, 3.8) is 0 Å². The Morgan fingerprint density at radius 3 is 2.38 bits per heavy atom. The number of aliphatic hydroxyl groups excluding tert-OH is 1. The SMILES string of the molecule is CC1C(CSc2nnnn2-c2ccccc2)OC(c2ccc(NC(=O)c3cnc4ccccc4n3)cc2)OC1c1ccc(CO)cc1. The molecule has 0 saturated carbocycles. The molecule has 12 heteroatoms. The molecular weight excluding hydrogens is 614 g/mol. The van der Waals surface area contributed by atoms with Crippen molar-refractivity contribution in [2.45, 2.75) is 37.2 Å². The number of carbonyl (C=O) groups is 1. The van der Waals surface area contributed by atoms with Gasteiger partial charge in [-0.15, -0.1) is 5.10 Å². The fourth-order valence-electron chi connectivity index (χ4n) is 5.45. The van der Waals surface area contributed by atoms with Crippen molar-refractivity contribution < 1.29 is 19.4 Å². The lowest BCUT2D eigenvalue weighted by atomic mass is 9.91. The number of ether oxygens (including phenoxy) is 2. The van der Waals surface area contributed by atoms with E-state index in [1.807, 2.05) is 103 Å². The second-order valence-electron chi connectivity index (χ2n) is 11.2. The Kier molecular flexibility index (Phi) is 8.98. The van der Waals surface area contributed by atoms with Crippen molar-refractivity contribution in [1.82, 2.24) is 30.2 Å². The van der Waals surface area contributed by atoms with Crippen LogP contribution >= 0.6 is 11.8 Å². The predicted octanol–water partition coefficient (Wildman–Crippen LogP) is 5.93. The van der Waals surface area contributed by atoms with E-state index in [1.54, 1.807) is 4.68 Å². The summed E-state index contributed by atoms with van der Waals surface area (Å²) >= 11 is 1.52. The summed E-state index contributed by atoms with van der Waals surface area (Å²) in [5.74, 6) is 0.221. The van der Waals surface area contributed by atoms with Crippen LogP contribution in [0.2, 0.25) is 0 Å². The van der Waals surface area contributed by atoms with Crippen molar-refractivity contribution in [2.24, 2.45) is 5.92 Å². The molecule has 2 N–H and O–H groups in total. The first-order chi connectivity index (χ1) is 23.1. The van der Waals surface area contributed by atoms with Crippen LogP contribution in [0.1, 0.15) is 46.5 Å². The van der Waals surface area contributed by atoms with E-state index in [0.717, 1.165) is 27.9 Å². The molecule has 236 valence electrons. The van der Waals surface area contributed by atoms with Crippen LogP contribution in [-0.4, -0.2) is 53.0 Å². The van der Waals surface area contributed by atoms with E-state index in [9.17, 15) is 9.90 Å². The number of nitrogens with zero attached hydrogens (tertiary/aromatic N) is 6. The lowest BCUT2D eigenvalue weighted by molar-refractivity contribution is -0.268. The summed E-state index contributed by atoms with van der Waals surface area (Å²) in [5.41, 5.74) is 5.72. The Hall–Kier alpha value is -5.01. The van der Waals surface area contributed by atoms with Crippen LogP contribution in [0.5, 0.6) is 0 Å². The number of nitrogens with one attached hydrogen (secondary N) is 1. The molecule has 1 amide bonds. The molecular formula is C35H31N7O4S. The quantitative estimate of drug-likeness (QED) is 0.182. The van der Waals surface area contributed by atoms with Gasteiger partial charge in [0.05, 0.1) is 41.7 Å². The smallest absolute Gasteiger partial charge is 0.275 e. The van der Waals surface area contributed by atoms with Gasteiger partial charge in [-0.3, -0.25) is 9.78 Å². The lowest BCUT2D eigenvalue weighted by Crippen LogP contribution is -2.38. The standard InChI is InChI=1S/C35H31N7O4S/c1-22-31(21-47-35-39-40-41-42(35)27-7-3-2-4-8-27)45-34(46-32(22)24-13-11-23(20-43)12-14-24)25-15-17-26(18-16-25)37-33(44)30-19-36-28-9-5-6-10-29(28)38-30/h2-19,22,31-32,34,43H,20-21H2,1H3,(H,37,44). The molecule has 1 fully saturated rings. The average molecular weight is 646 g/mol. The van der Waals surface area contributed by atoms with Gasteiger partial charge in [-0.25, -0.2) is 4.98 Å². The second-order valence-corrected chi connectivity index (χ2v) is 12.1. The van der Waals surface area contributed by atoms with Crippen LogP contribution in [-0.2, 0) is 16.1 Å². The Balaban J connectivity index is 1.09. The molecule has 4 aromatic carbocycles. The summed E-state index contributed by atoms with van der Waals surface area (Å²) in [6.07, 6.45) is 0.317. The van der Waals surface area contributed by atoms with Crippen LogP contribution in [0.15, 0.2) is 114 Å². The van der Waals surface area contributed by atoms with E-state index in [-0.39, 0.29) is 36.3 Å². The van der Waals surface area contributed by atoms with E-state index in [4.69, 9.17) is 9.47 Å². The summed E-state index contributed by atoms with van der Waals surface area (Å²) in [6.45, 7) is 2.08. The van der Waals surface area contributed by atoms with Gasteiger partial charge >= 0.3 is 0 Å². The number of thioether (sulfide) groups is 1. The summed E-state index contributed by atoms with van der Waals surface area (Å²) in [5, 5.41) is 25.5. The second kappa shape index (κ2) is 13.8. The van der Waals surface area contributed by atoms with Gasteiger partial charge in [-0.2, -0.15) is 4.68 Å². The van der Waals surface area contributed by atoms with Crippen molar-refractivity contribution in [2.75, 3.05) is 11.1 Å². The van der Waals surface area contributed by atoms with Crippen molar-refractivity contribution >= 4 is 34.4 Å². The maximum absolute atomic E-state index is 13.0. The molecule has 0 spiro atoms. The summed E-state index contributed by atoms with van der Waals surface area (Å²) in [4.78, 5) is 21.7. The molecule has 0 bridgehead atoms. The molecule has 47 heavy (non-hydrogen) atoms. The van der Waals surface area contributed by atoms with Crippen LogP contribution < -0.4 is 5.32 Å². The lowest BCUT2D eigenvalue weighted by Gasteiger charge is -2.41. The molecule has 2 aromatic heterocycles. The van der Waals surface area contributed by atoms with Crippen molar-refractivity contribution in [1.29, 1.82) is 0 Å². The fourth-order valence-corrected chi connectivity index (χ4v) is 6.51. The molecule has 0 radical (unpaired) electrons. The largest absolute Gasteiger partial charge is 0.392 e. The summed E-state index contributed by atoms with van der Waals surface area (Å²) < 4.78 is 14.9. The first-order valence-corrected chi connectivity index (χ1v) is 16.1. The fraction of sp³-hybridized carbons (Fsp3) is 0.200. The average Bonchev–Trinajstić information content (AvgIpc) is 3.60. The highest BCUT2D eigenvalue weighted by atomic mass is 32.2. The zero-order valence-electron chi connectivity index (χ0n) is 25.4. The number of benzene rings is 4. The monoisotopic (exact) mass is 645 g/mol. The minimum atomic E-state index is -0.666. The molecule has 1 aliphatic heterocycles. The van der Waals surface area contributed by atoms with Gasteiger partial charge in [0.2, 0.25) is 5.16 Å². The van der Waals surface area contributed by atoms with Gasteiger partial charge in [0, 0.05) is 22.9 Å². The maximum Gasteiger partial charge on any atom is 0.275 e. The zero-order valence-corrected chi connectivity index (χ0v) is 26.2. The van der Waals surface area contributed by atoms with E-state index in [2.05, 4.69) is 37.7 Å². The van der Waals surface area contributed by atoms with Gasteiger partial charge in [-0.05, 0) is 58.0 Å². The molecule has 11 nitrogen and oxygen atoms in total. The maximum atomic E-state index is 13.0. The Bertz CT molecular complexity index is 1970. The molecule has 1 saturated heterocycles. The van der Waals surface area contributed by atoms with Gasteiger partial charge in [0.15, 0.2) is 6.29 Å². The number of aromatic nitrogens is 6. The van der Waals surface area contributed by atoms with Crippen LogP contribution in [0, 0.1) is 5.92 Å². The molecule has 0 aliphatic carbocycles. The number of aliphatic hydroxyl groups is 1. The predicted molar refractivity (Wildman–Crippen MR) is 177 cm³/mol. The molecule has 1 aliphatic rings. The van der Waals surface area contributed by atoms with Gasteiger partial charge in [-0.1, -0.05) is 85.4 Å². The number of rotatable bonds is 9. The molecule has 4 unspecified atom stereocenters. The Morgan fingerprint density at radius 1 is 0.894 bits per heavy atom. The van der Waals surface area contributed by atoms with Crippen LogP contribution in [0.3, 0.4) is 0 Å². The number of tetrazole rings is 1. The Labute approximate surface area is 275 Å². The number of hydrogen-bond donors (Lipinski definition) is 2. The number of anilines is 1. The third-order valence-electron chi connectivity index (χ3n) is 8.06. The van der Waals surface area contributed by atoms with Crippen molar-refractivity contribution in [3.05, 3.63) is 132 Å². The van der Waals surface area contributed by atoms with Gasteiger partial charge in [0.25, 0.3) is 5.91 Å². The minimum Gasteiger partial charge on any atom is -0.392 e. The van der Waals surface area contributed by atoms with Crippen molar-refractivity contribution in [3.8, 4) is 5.69 Å². The minimum absolute atomic E-state index is 0.0126. The van der Waals surface area contributed by atoms with Crippen LogP contribution in [0.4, 0.5) is 5.69 Å². The molecule has 6 aromatic rings. The number of carbonyl (C=O) groups excluding carboxylic acids is 1. The van der Waals surface area contributed by atoms with E-state index in [0.29, 0.717) is 22.1 Å². The first-order valence-electron chi connectivity index (χ1n) is 15.2. The normalized spacial score (nSPS) is 19.4. The topological polar surface area (TPSA) is 137 Å². The summed E-state index contributed by atoms with van der Waals surface area (Å²) in [7, 11) is 0. The van der Waals surface area contributed by atoms with E-state index >= 15 is 0 Å². The Morgan fingerprint density at radius 2 is 1.62 bits per heavy atom. The number of amides is 1. The molecule has 4 atom stereocenters. The summed E-state index contributed by atoms with van der Waals surface area (Å²) in [6, 6.07) is 32.4. The third kappa shape index (κ3) is 6.76. The zero-order chi connectivity index (χ0) is 32.2. The van der Waals surface area contributed by atoms with E-state index < -0.39 is 6.29 Å². The van der Waals surface area contributed by atoms with E-state index in [1.165, 1.54) is 18.0 Å². The molecule has 7 rings (SSSR count). The molecule has 3 heterocycles. The first kappa shape index (κ1) is 30.6. The van der Waals surface area contributed by atoms with Crippen LogP contribution in [0.25, 0.3) is 16.7 Å².